The van der Waals surface area contributed by atoms with E-state index < -0.39 is 5.97 Å². The first kappa shape index (κ1) is 13.1. The molecule has 0 atom stereocenters. The average molecular weight is 236 g/mol. The molecule has 4 heteroatoms. The summed E-state index contributed by atoms with van der Waals surface area (Å²) in [6.07, 6.45) is 1.04. The van der Waals surface area contributed by atoms with Crippen molar-refractivity contribution in [1.82, 2.24) is 0 Å². The van der Waals surface area contributed by atoms with Gasteiger partial charge >= 0.3 is 5.97 Å². The number of hydrogen-bond acceptors (Lipinski definition) is 3. The summed E-state index contributed by atoms with van der Waals surface area (Å²) >= 11 is 0. The van der Waals surface area contributed by atoms with Gasteiger partial charge in [0.25, 0.3) is 0 Å². The highest BCUT2D eigenvalue weighted by molar-refractivity contribution is 5.80. The van der Waals surface area contributed by atoms with Crippen molar-refractivity contribution in [2.45, 2.75) is 26.9 Å². The lowest BCUT2D eigenvalue weighted by Gasteiger charge is -2.14. The van der Waals surface area contributed by atoms with Gasteiger partial charge in [-0.25, -0.2) is 4.79 Å². The van der Waals surface area contributed by atoms with Gasteiger partial charge in [0.1, 0.15) is 5.76 Å². The van der Waals surface area contributed by atoms with Gasteiger partial charge in [-0.15, -0.1) is 0 Å². The van der Waals surface area contributed by atoms with E-state index in [4.69, 9.17) is 14.6 Å². The number of benzene rings is 1. The van der Waals surface area contributed by atoms with E-state index in [1.807, 2.05) is 19.9 Å². The molecule has 4 nitrogen and oxygen atoms in total. The van der Waals surface area contributed by atoms with Gasteiger partial charge in [0.05, 0.1) is 12.2 Å². The molecule has 1 aromatic rings. The normalized spacial score (nSPS) is 11.4. The van der Waals surface area contributed by atoms with Crippen LogP contribution >= 0.6 is 0 Å². The van der Waals surface area contributed by atoms with Gasteiger partial charge in [-0.05, 0) is 32.9 Å². The summed E-state index contributed by atoms with van der Waals surface area (Å²) in [6, 6.07) is 7.15. The van der Waals surface area contributed by atoms with Gasteiger partial charge in [-0.2, -0.15) is 0 Å². The lowest BCUT2D eigenvalue weighted by atomic mass is 10.3. The molecule has 0 radical (unpaired) electrons. The van der Waals surface area contributed by atoms with E-state index in [0.717, 1.165) is 6.08 Å². The molecule has 1 aromatic carbocycles. The average Bonchev–Trinajstić information content (AvgIpc) is 2.18. The van der Waals surface area contributed by atoms with E-state index in [0.29, 0.717) is 17.3 Å². The number of aliphatic carboxylic acids is 1. The molecule has 17 heavy (non-hydrogen) atoms. The first-order valence-electron chi connectivity index (χ1n) is 5.34. The zero-order chi connectivity index (χ0) is 12.8. The maximum Gasteiger partial charge on any atom is 0.331 e. The number of rotatable bonds is 5. The first-order valence-corrected chi connectivity index (χ1v) is 5.34. The second kappa shape index (κ2) is 5.94. The quantitative estimate of drug-likeness (QED) is 0.631. The highest BCUT2D eigenvalue weighted by Gasteiger charge is 2.07. The lowest BCUT2D eigenvalue weighted by Crippen LogP contribution is -2.07. The van der Waals surface area contributed by atoms with Gasteiger partial charge in [-0.3, -0.25) is 0 Å². The third-order valence-electron chi connectivity index (χ3n) is 1.81. The minimum Gasteiger partial charge on any atom is -0.487 e. The molecule has 0 aliphatic carbocycles. The zero-order valence-corrected chi connectivity index (χ0v) is 10.1. The molecule has 0 unspecified atom stereocenters. The Balaban J connectivity index is 2.86. The summed E-state index contributed by atoms with van der Waals surface area (Å²) in [5.74, 6) is 0.374. The third-order valence-corrected chi connectivity index (χ3v) is 1.81. The van der Waals surface area contributed by atoms with E-state index in [-0.39, 0.29) is 6.10 Å². The summed E-state index contributed by atoms with van der Waals surface area (Å²) in [5.41, 5.74) is 0. The SMILES string of the molecule is C/C(=C\C(=O)O)Oc1ccccc1OC(C)C. The molecule has 0 bridgehead atoms. The predicted molar refractivity (Wildman–Crippen MR) is 64.2 cm³/mol. The Morgan fingerprint density at radius 2 is 1.88 bits per heavy atom. The van der Waals surface area contributed by atoms with Gasteiger partial charge in [0, 0.05) is 0 Å². The molecule has 0 fully saturated rings. The fourth-order valence-corrected chi connectivity index (χ4v) is 1.26. The number of ether oxygens (including phenoxy) is 2. The molecule has 0 aliphatic rings. The fourth-order valence-electron chi connectivity index (χ4n) is 1.26. The number of carbonyl (C=O) groups is 1. The molecular weight excluding hydrogens is 220 g/mol. The van der Waals surface area contributed by atoms with Crippen LogP contribution < -0.4 is 9.47 Å². The van der Waals surface area contributed by atoms with Crippen LogP contribution in [0.4, 0.5) is 0 Å². The van der Waals surface area contributed by atoms with Crippen LogP contribution in [0.3, 0.4) is 0 Å². The Bertz CT molecular complexity index is 421. The second-order valence-corrected chi connectivity index (χ2v) is 3.81. The Labute approximate surface area is 100 Å². The molecule has 0 aliphatic heterocycles. The molecule has 0 spiro atoms. The zero-order valence-electron chi connectivity index (χ0n) is 10.1. The lowest BCUT2D eigenvalue weighted by molar-refractivity contribution is -0.131. The smallest absolute Gasteiger partial charge is 0.331 e. The van der Waals surface area contributed by atoms with Crippen molar-refractivity contribution >= 4 is 5.97 Å². The van der Waals surface area contributed by atoms with Crippen molar-refractivity contribution in [2.24, 2.45) is 0 Å². The van der Waals surface area contributed by atoms with E-state index in [2.05, 4.69) is 0 Å². The minimum absolute atomic E-state index is 0.0310. The van der Waals surface area contributed by atoms with E-state index in [9.17, 15) is 4.79 Å². The number of allylic oxidation sites excluding steroid dienone is 1. The summed E-state index contributed by atoms with van der Waals surface area (Å²) in [5, 5.41) is 8.59. The van der Waals surface area contributed by atoms with Gasteiger partial charge in [0.2, 0.25) is 0 Å². The fraction of sp³-hybridized carbons (Fsp3) is 0.308. The molecule has 0 saturated carbocycles. The van der Waals surface area contributed by atoms with Crippen molar-refractivity contribution in [3.8, 4) is 11.5 Å². The summed E-state index contributed by atoms with van der Waals surface area (Å²) in [7, 11) is 0. The number of carboxylic acid groups (broad SMARTS) is 1. The van der Waals surface area contributed by atoms with E-state index in [1.54, 1.807) is 25.1 Å². The Morgan fingerprint density at radius 3 is 2.41 bits per heavy atom. The van der Waals surface area contributed by atoms with Gasteiger partial charge < -0.3 is 14.6 Å². The topological polar surface area (TPSA) is 55.8 Å². The van der Waals surface area contributed by atoms with Crippen LogP contribution in [0.15, 0.2) is 36.1 Å². The maximum absolute atomic E-state index is 10.5. The van der Waals surface area contributed by atoms with Crippen molar-refractivity contribution < 1.29 is 19.4 Å². The molecule has 0 saturated heterocycles. The molecular formula is C13H16O4. The van der Waals surface area contributed by atoms with Crippen LogP contribution in [0.2, 0.25) is 0 Å². The Morgan fingerprint density at radius 1 is 1.29 bits per heavy atom. The van der Waals surface area contributed by atoms with E-state index >= 15 is 0 Å². The van der Waals surface area contributed by atoms with Crippen LogP contribution in [-0.4, -0.2) is 17.2 Å². The molecule has 0 heterocycles. The van der Waals surface area contributed by atoms with Crippen molar-refractivity contribution in [3.05, 3.63) is 36.1 Å². The molecule has 1 N–H and O–H groups in total. The highest BCUT2D eigenvalue weighted by atomic mass is 16.5. The Kier molecular flexibility index (Phi) is 4.57. The van der Waals surface area contributed by atoms with E-state index in [1.165, 1.54) is 0 Å². The number of carboxylic acids is 1. The summed E-state index contributed by atoms with van der Waals surface area (Å²) < 4.78 is 11.0. The van der Waals surface area contributed by atoms with Crippen LogP contribution in [0.1, 0.15) is 20.8 Å². The van der Waals surface area contributed by atoms with Crippen molar-refractivity contribution in [3.63, 3.8) is 0 Å². The second-order valence-electron chi connectivity index (χ2n) is 3.81. The Hall–Kier alpha value is -1.97. The van der Waals surface area contributed by atoms with Crippen LogP contribution in [0.25, 0.3) is 0 Å². The minimum atomic E-state index is -1.04. The molecule has 1 rings (SSSR count). The third kappa shape index (κ3) is 4.59. The standard InChI is InChI=1S/C13H16O4/c1-9(2)16-11-6-4-5-7-12(11)17-10(3)8-13(14)15/h4-9H,1-3H3,(H,14,15)/b10-8+. The van der Waals surface area contributed by atoms with Crippen molar-refractivity contribution in [2.75, 3.05) is 0 Å². The maximum atomic E-state index is 10.5. The first-order chi connectivity index (χ1) is 7.99. The summed E-state index contributed by atoms with van der Waals surface area (Å²) in [4.78, 5) is 10.5. The summed E-state index contributed by atoms with van der Waals surface area (Å²) in [6.45, 7) is 5.41. The number of para-hydroxylation sites is 2. The van der Waals surface area contributed by atoms with Gasteiger partial charge in [0.15, 0.2) is 11.5 Å². The predicted octanol–water partition coefficient (Wildman–Crippen LogP) is 2.84. The van der Waals surface area contributed by atoms with Crippen LogP contribution in [-0.2, 0) is 4.79 Å². The van der Waals surface area contributed by atoms with Crippen LogP contribution in [0.5, 0.6) is 11.5 Å². The van der Waals surface area contributed by atoms with Gasteiger partial charge in [-0.1, -0.05) is 12.1 Å². The molecule has 92 valence electrons. The molecule has 0 aromatic heterocycles. The monoisotopic (exact) mass is 236 g/mol. The number of hydrogen-bond donors (Lipinski definition) is 1. The van der Waals surface area contributed by atoms with Crippen LogP contribution in [0, 0.1) is 0 Å². The van der Waals surface area contributed by atoms with Crippen molar-refractivity contribution in [1.29, 1.82) is 0 Å². The highest BCUT2D eigenvalue weighted by Crippen LogP contribution is 2.28. The largest absolute Gasteiger partial charge is 0.487 e. The molecule has 0 amide bonds.